The Morgan fingerprint density at radius 3 is 2.58 bits per heavy atom. The molecule has 0 aromatic rings. The molecule has 0 saturated heterocycles. The number of allylic oxidation sites excluding steroid dienone is 2. The van der Waals surface area contributed by atoms with Crippen LogP contribution in [-0.2, 0) is 11.1 Å². The van der Waals surface area contributed by atoms with E-state index in [0.29, 0.717) is 0 Å². The van der Waals surface area contributed by atoms with E-state index in [1.165, 1.54) is 6.92 Å². The Morgan fingerprint density at radius 1 is 1.83 bits per heavy atom. The molecule has 0 aromatic heterocycles. The molecule has 12 heavy (non-hydrogen) atoms. The zero-order valence-corrected chi connectivity index (χ0v) is 7.82. The number of aliphatic imine (C=N–C) groups is 1. The molecule has 0 aliphatic carbocycles. The molecule has 0 heterocycles. The van der Waals surface area contributed by atoms with Gasteiger partial charge in [0.25, 0.3) is 0 Å². The largest absolute Gasteiger partial charge is 0.401 e. The highest BCUT2D eigenvalue weighted by Crippen LogP contribution is 2.09. The van der Waals surface area contributed by atoms with E-state index in [0.717, 1.165) is 0 Å². The molecule has 0 amide bonds. The highest BCUT2D eigenvalue weighted by molar-refractivity contribution is 7.85. The molecule has 0 aromatic carbocycles. The van der Waals surface area contributed by atoms with E-state index < -0.39 is 17.9 Å². The number of nitrogens with two attached hydrogens (primary N) is 1. The lowest BCUT2D eigenvalue weighted by Crippen LogP contribution is -2.09. The van der Waals surface area contributed by atoms with Crippen molar-refractivity contribution < 1.29 is 13.2 Å². The van der Waals surface area contributed by atoms with Crippen molar-refractivity contribution in [2.75, 3.05) is 6.80 Å². The third kappa shape index (κ3) is 3.29. The number of hydrogen-bond acceptors (Lipinski definition) is 3. The molecule has 0 aliphatic heterocycles. The van der Waals surface area contributed by atoms with Crippen LogP contribution in [0.2, 0.25) is 0 Å². The van der Waals surface area contributed by atoms with Gasteiger partial charge in [0.2, 0.25) is 0 Å². The predicted octanol–water partition coefficient (Wildman–Crippen LogP) is 0.963. The Hall–Kier alpha value is -0.460. The van der Waals surface area contributed by atoms with Gasteiger partial charge in [0.05, 0.1) is 0 Å². The van der Waals surface area contributed by atoms with Gasteiger partial charge in [0.15, 0.2) is 17.9 Å². The van der Waals surface area contributed by atoms with E-state index in [1.54, 1.807) is 0 Å². The van der Waals surface area contributed by atoms with Crippen LogP contribution in [0, 0.1) is 0 Å². The summed E-state index contributed by atoms with van der Waals surface area (Å²) in [6.45, 7) is 0.326. The molecule has 0 fully saturated rings. The maximum Gasteiger partial charge on any atom is 0.191 e. The standard InChI is InChI=1S/C5H8ClFN2O2S/c1-3(8)4(12(10)11)5(6)9-2-7/h2,8H2,1H3,(H,10,11). The van der Waals surface area contributed by atoms with Crippen molar-refractivity contribution in [3.05, 3.63) is 10.6 Å². The summed E-state index contributed by atoms with van der Waals surface area (Å²) in [6.07, 6.45) is 0. The Bertz CT molecular complexity index is 250. The van der Waals surface area contributed by atoms with E-state index in [2.05, 4.69) is 4.99 Å². The molecule has 4 nitrogen and oxygen atoms in total. The predicted molar refractivity (Wildman–Crippen MR) is 46.9 cm³/mol. The van der Waals surface area contributed by atoms with Gasteiger partial charge in [-0.2, -0.15) is 0 Å². The van der Waals surface area contributed by atoms with Crippen molar-refractivity contribution >= 4 is 27.9 Å². The van der Waals surface area contributed by atoms with Crippen LogP contribution in [0.3, 0.4) is 0 Å². The monoisotopic (exact) mass is 214 g/mol. The molecule has 7 heteroatoms. The first-order chi connectivity index (χ1) is 5.50. The van der Waals surface area contributed by atoms with Crippen molar-refractivity contribution in [1.29, 1.82) is 0 Å². The summed E-state index contributed by atoms with van der Waals surface area (Å²) in [5.74, 6) is 0. The Morgan fingerprint density at radius 2 is 2.33 bits per heavy atom. The first kappa shape index (κ1) is 11.5. The van der Waals surface area contributed by atoms with Crippen LogP contribution in [0.5, 0.6) is 0 Å². The summed E-state index contributed by atoms with van der Waals surface area (Å²) >= 11 is 3.02. The van der Waals surface area contributed by atoms with Gasteiger partial charge in [-0.15, -0.1) is 0 Å². The molecule has 0 rings (SSSR count). The first-order valence-corrected chi connectivity index (χ1v) is 4.32. The van der Waals surface area contributed by atoms with Crippen LogP contribution in [0.25, 0.3) is 0 Å². The van der Waals surface area contributed by atoms with Crippen molar-refractivity contribution in [1.82, 2.24) is 0 Å². The quantitative estimate of drug-likeness (QED) is 0.418. The summed E-state index contributed by atoms with van der Waals surface area (Å²) < 4.78 is 30.8. The van der Waals surface area contributed by atoms with Crippen molar-refractivity contribution in [2.45, 2.75) is 6.92 Å². The van der Waals surface area contributed by atoms with Crippen LogP contribution >= 0.6 is 11.6 Å². The van der Waals surface area contributed by atoms with E-state index in [1.807, 2.05) is 0 Å². The van der Waals surface area contributed by atoms with Crippen molar-refractivity contribution in [3.63, 3.8) is 0 Å². The minimum absolute atomic E-state index is 0.0398. The Balaban J connectivity index is 4.92. The lowest BCUT2D eigenvalue weighted by molar-refractivity contribution is 0.513. The molecule has 0 bridgehead atoms. The Labute approximate surface area is 76.6 Å². The van der Waals surface area contributed by atoms with Gasteiger partial charge in [-0.05, 0) is 6.92 Å². The summed E-state index contributed by atoms with van der Waals surface area (Å²) in [5, 5.41) is -0.377. The van der Waals surface area contributed by atoms with E-state index in [4.69, 9.17) is 21.9 Å². The van der Waals surface area contributed by atoms with Gasteiger partial charge in [-0.25, -0.2) is 13.6 Å². The average molecular weight is 215 g/mol. The molecule has 70 valence electrons. The van der Waals surface area contributed by atoms with Crippen molar-refractivity contribution in [2.24, 2.45) is 10.7 Å². The minimum atomic E-state index is -2.34. The second-order valence-corrected chi connectivity index (χ2v) is 3.09. The average Bonchev–Trinajstić information content (AvgIpc) is 1.85. The minimum Gasteiger partial charge on any atom is -0.401 e. The molecule has 0 saturated carbocycles. The lowest BCUT2D eigenvalue weighted by atomic mass is 10.4. The fourth-order valence-corrected chi connectivity index (χ4v) is 1.37. The SMILES string of the molecule is CC(N)=C(C(Cl)=NCF)S(=O)O. The van der Waals surface area contributed by atoms with E-state index in [-0.39, 0.29) is 15.8 Å². The maximum absolute atomic E-state index is 11.6. The lowest BCUT2D eigenvalue weighted by Gasteiger charge is -2.01. The summed E-state index contributed by atoms with van der Waals surface area (Å²) in [7, 11) is 0. The second kappa shape index (κ2) is 5.23. The zero-order valence-electron chi connectivity index (χ0n) is 6.25. The van der Waals surface area contributed by atoms with Gasteiger partial charge in [-0.1, -0.05) is 11.6 Å². The number of halogens is 2. The smallest absolute Gasteiger partial charge is 0.191 e. The van der Waals surface area contributed by atoms with Crippen LogP contribution < -0.4 is 5.73 Å². The fraction of sp³-hybridized carbons (Fsp3) is 0.400. The van der Waals surface area contributed by atoms with Gasteiger partial charge in [0.1, 0.15) is 10.1 Å². The summed E-state index contributed by atoms with van der Waals surface area (Å²) in [4.78, 5) is 2.84. The number of hydrogen-bond donors (Lipinski definition) is 2. The van der Waals surface area contributed by atoms with Gasteiger partial charge in [0, 0.05) is 5.70 Å². The number of nitrogens with zero attached hydrogens (tertiary/aromatic N) is 1. The second-order valence-electron chi connectivity index (χ2n) is 1.83. The summed E-state index contributed by atoms with van der Waals surface area (Å²) in [5.41, 5.74) is 5.25. The van der Waals surface area contributed by atoms with Gasteiger partial charge < -0.3 is 10.3 Å². The van der Waals surface area contributed by atoms with E-state index in [9.17, 15) is 8.60 Å². The van der Waals surface area contributed by atoms with Gasteiger partial charge in [-0.3, -0.25) is 0 Å². The molecule has 1 unspecified atom stereocenters. The van der Waals surface area contributed by atoms with Crippen LogP contribution in [0.15, 0.2) is 15.6 Å². The molecular formula is C5H8ClFN2O2S. The van der Waals surface area contributed by atoms with Crippen LogP contribution in [-0.4, -0.2) is 20.7 Å². The molecule has 0 spiro atoms. The third-order valence-electron chi connectivity index (χ3n) is 0.919. The number of alkyl halides is 1. The molecule has 0 radical (unpaired) electrons. The van der Waals surface area contributed by atoms with Crippen molar-refractivity contribution in [3.8, 4) is 0 Å². The topological polar surface area (TPSA) is 75.7 Å². The molecule has 0 aliphatic rings. The first-order valence-electron chi connectivity index (χ1n) is 2.84. The summed E-state index contributed by atoms with van der Waals surface area (Å²) in [6, 6.07) is 0. The number of rotatable bonds is 3. The fourth-order valence-electron chi connectivity index (χ4n) is 0.497. The maximum atomic E-state index is 11.6. The molecule has 3 N–H and O–H groups in total. The molecular weight excluding hydrogens is 207 g/mol. The zero-order chi connectivity index (χ0) is 9.72. The highest BCUT2D eigenvalue weighted by atomic mass is 35.5. The van der Waals surface area contributed by atoms with E-state index >= 15 is 0 Å². The highest BCUT2D eigenvalue weighted by Gasteiger charge is 2.12. The normalized spacial score (nSPS) is 17.2. The molecule has 1 atom stereocenters. The Kier molecular flexibility index (Phi) is 5.03. The van der Waals surface area contributed by atoms with Crippen LogP contribution in [0.4, 0.5) is 4.39 Å². The third-order valence-corrected chi connectivity index (χ3v) is 2.20. The van der Waals surface area contributed by atoms with Crippen LogP contribution in [0.1, 0.15) is 6.92 Å². The van der Waals surface area contributed by atoms with Gasteiger partial charge >= 0.3 is 0 Å².